The molecular weight excluding hydrogens is 334 g/mol. The van der Waals surface area contributed by atoms with E-state index in [0.29, 0.717) is 22.5 Å². The van der Waals surface area contributed by atoms with Gasteiger partial charge in [-0.15, -0.1) is 10.2 Å². The molecule has 4 aromatic rings. The summed E-state index contributed by atoms with van der Waals surface area (Å²) in [5.41, 5.74) is 1.58. The molecule has 6 nitrogen and oxygen atoms in total. The van der Waals surface area contributed by atoms with Crippen LogP contribution in [0.5, 0.6) is 0 Å². The Labute approximate surface area is 148 Å². The second-order valence-corrected chi connectivity index (χ2v) is 6.46. The zero-order valence-corrected chi connectivity index (χ0v) is 14.3. The first-order chi connectivity index (χ1) is 12.2. The molecule has 0 unspecified atom stereocenters. The maximum absolute atomic E-state index is 12.2. The van der Waals surface area contributed by atoms with E-state index in [9.17, 15) is 4.79 Å². The van der Waals surface area contributed by atoms with Gasteiger partial charge in [-0.25, -0.2) is 4.98 Å². The molecule has 0 bridgehead atoms. The molecule has 124 valence electrons. The number of aromatic nitrogens is 5. The largest absolute Gasteiger partial charge is 0.309 e. The van der Waals surface area contributed by atoms with Crippen molar-refractivity contribution in [3.8, 4) is 5.69 Å². The second-order valence-electron chi connectivity index (χ2n) is 5.52. The van der Waals surface area contributed by atoms with Crippen LogP contribution in [0.15, 0.2) is 64.5 Å². The molecule has 0 spiro atoms. The molecule has 0 fully saturated rings. The predicted octanol–water partition coefficient (Wildman–Crippen LogP) is 3.10. The van der Waals surface area contributed by atoms with Crippen LogP contribution >= 0.6 is 11.8 Å². The average molecular weight is 349 g/mol. The van der Waals surface area contributed by atoms with Crippen molar-refractivity contribution in [1.29, 1.82) is 0 Å². The standard InChI is InChI=1S/C18H15N5OS/c1-12-21-22-18(23(12)13-7-3-2-4-8-13)25-11-16-19-15-10-6-5-9-14(15)17(24)20-16/h2-10H,11H2,1H3,(H,19,20,24). The molecule has 1 N–H and O–H groups in total. The highest BCUT2D eigenvalue weighted by molar-refractivity contribution is 7.98. The summed E-state index contributed by atoms with van der Waals surface area (Å²) in [5, 5.41) is 9.78. The molecule has 2 aromatic carbocycles. The fourth-order valence-electron chi connectivity index (χ4n) is 2.65. The highest BCUT2D eigenvalue weighted by Gasteiger charge is 2.12. The Hall–Kier alpha value is -2.93. The van der Waals surface area contributed by atoms with Crippen molar-refractivity contribution in [2.75, 3.05) is 0 Å². The molecule has 2 aromatic heterocycles. The Balaban J connectivity index is 1.64. The summed E-state index contributed by atoms with van der Waals surface area (Å²) in [6.45, 7) is 1.92. The summed E-state index contributed by atoms with van der Waals surface area (Å²) in [5.74, 6) is 1.94. The topological polar surface area (TPSA) is 76.5 Å². The first kappa shape index (κ1) is 15.6. The number of para-hydroxylation sites is 2. The van der Waals surface area contributed by atoms with Gasteiger partial charge in [-0.3, -0.25) is 9.36 Å². The Bertz CT molecular complexity index is 1090. The van der Waals surface area contributed by atoms with E-state index in [0.717, 1.165) is 16.7 Å². The van der Waals surface area contributed by atoms with Gasteiger partial charge in [-0.1, -0.05) is 42.1 Å². The fourth-order valence-corrected chi connectivity index (χ4v) is 3.51. The van der Waals surface area contributed by atoms with E-state index in [1.165, 1.54) is 11.8 Å². The molecule has 25 heavy (non-hydrogen) atoms. The maximum atomic E-state index is 12.2. The highest BCUT2D eigenvalue weighted by Crippen LogP contribution is 2.24. The van der Waals surface area contributed by atoms with E-state index in [-0.39, 0.29) is 5.56 Å². The van der Waals surface area contributed by atoms with Crippen molar-refractivity contribution in [2.24, 2.45) is 0 Å². The minimum absolute atomic E-state index is 0.123. The van der Waals surface area contributed by atoms with Crippen LogP contribution in [0.25, 0.3) is 16.6 Å². The average Bonchev–Trinajstić information content (AvgIpc) is 3.01. The van der Waals surface area contributed by atoms with Gasteiger partial charge in [0.05, 0.1) is 16.7 Å². The van der Waals surface area contributed by atoms with Gasteiger partial charge in [0.1, 0.15) is 11.6 Å². The molecule has 7 heteroatoms. The zero-order chi connectivity index (χ0) is 17.2. The Morgan fingerprint density at radius 1 is 1.04 bits per heavy atom. The molecule has 0 aliphatic carbocycles. The van der Waals surface area contributed by atoms with E-state index in [2.05, 4.69) is 20.2 Å². The summed E-state index contributed by atoms with van der Waals surface area (Å²) in [7, 11) is 0. The normalized spacial score (nSPS) is 11.1. The number of aryl methyl sites for hydroxylation is 1. The molecular formula is C18H15N5OS. The van der Waals surface area contributed by atoms with Crippen molar-refractivity contribution in [3.63, 3.8) is 0 Å². The monoisotopic (exact) mass is 349 g/mol. The first-order valence-electron chi connectivity index (χ1n) is 7.80. The van der Waals surface area contributed by atoms with Crippen molar-refractivity contribution in [3.05, 3.63) is 76.6 Å². The third kappa shape index (κ3) is 3.06. The molecule has 2 heterocycles. The number of fused-ring (bicyclic) bond motifs is 1. The summed E-state index contributed by atoms with van der Waals surface area (Å²) in [6.07, 6.45) is 0. The van der Waals surface area contributed by atoms with Crippen LogP contribution in [0.4, 0.5) is 0 Å². The fraction of sp³-hybridized carbons (Fsp3) is 0.111. The van der Waals surface area contributed by atoms with Crippen LogP contribution in [0.2, 0.25) is 0 Å². The number of thioether (sulfide) groups is 1. The van der Waals surface area contributed by atoms with Gasteiger partial charge in [0.2, 0.25) is 0 Å². The third-order valence-electron chi connectivity index (χ3n) is 3.81. The number of hydrogen-bond acceptors (Lipinski definition) is 5. The minimum atomic E-state index is -0.123. The summed E-state index contributed by atoms with van der Waals surface area (Å²) in [4.78, 5) is 19.5. The van der Waals surface area contributed by atoms with E-state index in [1.54, 1.807) is 6.07 Å². The van der Waals surface area contributed by atoms with Crippen molar-refractivity contribution in [1.82, 2.24) is 24.7 Å². The van der Waals surface area contributed by atoms with Gasteiger partial charge < -0.3 is 4.98 Å². The third-order valence-corrected chi connectivity index (χ3v) is 4.75. The molecule has 0 saturated heterocycles. The highest BCUT2D eigenvalue weighted by atomic mass is 32.2. The van der Waals surface area contributed by atoms with Gasteiger partial charge >= 0.3 is 0 Å². The van der Waals surface area contributed by atoms with Crippen LogP contribution in [-0.4, -0.2) is 24.7 Å². The Morgan fingerprint density at radius 2 is 1.80 bits per heavy atom. The van der Waals surface area contributed by atoms with Crippen LogP contribution in [0, 0.1) is 6.92 Å². The summed E-state index contributed by atoms with van der Waals surface area (Å²) in [6, 6.07) is 17.3. The molecule has 0 radical (unpaired) electrons. The SMILES string of the molecule is Cc1nnc(SCc2nc3ccccc3c(=O)[nH]2)n1-c1ccccc1. The first-order valence-corrected chi connectivity index (χ1v) is 8.79. The smallest absolute Gasteiger partial charge is 0.258 e. The second kappa shape index (κ2) is 6.52. The van der Waals surface area contributed by atoms with E-state index < -0.39 is 0 Å². The number of benzene rings is 2. The van der Waals surface area contributed by atoms with Gasteiger partial charge in [-0.2, -0.15) is 0 Å². The number of rotatable bonds is 4. The van der Waals surface area contributed by atoms with Crippen molar-refractivity contribution in [2.45, 2.75) is 17.8 Å². The van der Waals surface area contributed by atoms with Crippen LogP contribution in [-0.2, 0) is 5.75 Å². The number of H-pyrrole nitrogens is 1. The molecule has 4 rings (SSSR count). The zero-order valence-electron chi connectivity index (χ0n) is 13.5. The molecule has 0 atom stereocenters. The van der Waals surface area contributed by atoms with Crippen LogP contribution in [0.3, 0.4) is 0 Å². The van der Waals surface area contributed by atoms with Crippen molar-refractivity contribution < 1.29 is 0 Å². The van der Waals surface area contributed by atoms with Gasteiger partial charge in [0.25, 0.3) is 5.56 Å². The van der Waals surface area contributed by atoms with Gasteiger partial charge in [0, 0.05) is 5.69 Å². The minimum Gasteiger partial charge on any atom is -0.309 e. The lowest BCUT2D eigenvalue weighted by atomic mass is 10.2. The number of hydrogen-bond donors (Lipinski definition) is 1. The Morgan fingerprint density at radius 3 is 2.64 bits per heavy atom. The van der Waals surface area contributed by atoms with Gasteiger partial charge in [0.15, 0.2) is 5.16 Å². The van der Waals surface area contributed by atoms with Gasteiger partial charge in [-0.05, 0) is 31.2 Å². The number of aromatic amines is 1. The van der Waals surface area contributed by atoms with E-state index in [4.69, 9.17) is 0 Å². The lowest BCUT2D eigenvalue weighted by molar-refractivity contribution is 0.866. The number of nitrogens with zero attached hydrogens (tertiary/aromatic N) is 4. The lowest BCUT2D eigenvalue weighted by Gasteiger charge is -2.08. The Kier molecular flexibility index (Phi) is 4.07. The van der Waals surface area contributed by atoms with E-state index in [1.807, 2.05) is 60.0 Å². The summed E-state index contributed by atoms with van der Waals surface area (Å²) >= 11 is 1.49. The predicted molar refractivity (Wildman–Crippen MR) is 98.0 cm³/mol. The molecule has 0 amide bonds. The molecule has 0 aliphatic heterocycles. The van der Waals surface area contributed by atoms with E-state index >= 15 is 0 Å². The molecule has 0 saturated carbocycles. The van der Waals surface area contributed by atoms with Crippen LogP contribution < -0.4 is 5.56 Å². The number of nitrogens with one attached hydrogen (secondary N) is 1. The van der Waals surface area contributed by atoms with Crippen LogP contribution in [0.1, 0.15) is 11.6 Å². The maximum Gasteiger partial charge on any atom is 0.258 e. The summed E-state index contributed by atoms with van der Waals surface area (Å²) < 4.78 is 1.99. The molecule has 0 aliphatic rings. The quantitative estimate of drug-likeness (QED) is 0.573. The lowest BCUT2D eigenvalue weighted by Crippen LogP contribution is -2.11. The van der Waals surface area contributed by atoms with Crippen molar-refractivity contribution >= 4 is 22.7 Å².